The van der Waals surface area contributed by atoms with E-state index in [2.05, 4.69) is 10.1 Å². The number of piperidine rings is 1. The highest BCUT2D eigenvalue weighted by Crippen LogP contribution is 2.32. The fourth-order valence-corrected chi connectivity index (χ4v) is 4.12. The second-order valence-electron chi connectivity index (χ2n) is 6.68. The summed E-state index contributed by atoms with van der Waals surface area (Å²) in [6.07, 6.45) is 3.39. The van der Waals surface area contributed by atoms with Crippen LogP contribution in [0.2, 0.25) is 0 Å². The average Bonchev–Trinajstić information content (AvgIpc) is 3.33. The summed E-state index contributed by atoms with van der Waals surface area (Å²) in [6.45, 7) is 2.79. The van der Waals surface area contributed by atoms with Crippen LogP contribution in [0.25, 0.3) is 11.4 Å². The van der Waals surface area contributed by atoms with E-state index in [1.807, 2.05) is 53.6 Å². The van der Waals surface area contributed by atoms with E-state index in [0.717, 1.165) is 41.8 Å². The summed E-state index contributed by atoms with van der Waals surface area (Å²) in [6, 6.07) is 11.9. The predicted molar refractivity (Wildman–Crippen MR) is 101 cm³/mol. The predicted octanol–water partition coefficient (Wildman–Crippen LogP) is 4.40. The largest absolute Gasteiger partial charge is 0.337 e. The minimum Gasteiger partial charge on any atom is -0.337 e. The Morgan fingerprint density at radius 3 is 3.04 bits per heavy atom. The second kappa shape index (κ2) is 7.41. The van der Waals surface area contributed by atoms with E-state index in [9.17, 15) is 4.79 Å². The van der Waals surface area contributed by atoms with Crippen molar-refractivity contribution in [1.29, 1.82) is 0 Å². The number of rotatable bonds is 4. The van der Waals surface area contributed by atoms with Gasteiger partial charge in [-0.15, -0.1) is 11.3 Å². The Kier molecular flexibility index (Phi) is 4.84. The highest BCUT2D eigenvalue weighted by Gasteiger charge is 2.32. The maximum atomic E-state index is 12.8. The summed E-state index contributed by atoms with van der Waals surface area (Å²) in [5.41, 5.74) is 2.09. The molecule has 0 bridgehead atoms. The van der Waals surface area contributed by atoms with Crippen LogP contribution in [0.1, 0.15) is 41.6 Å². The van der Waals surface area contributed by atoms with Crippen molar-refractivity contribution >= 4 is 17.2 Å². The van der Waals surface area contributed by atoms with E-state index < -0.39 is 0 Å². The van der Waals surface area contributed by atoms with Gasteiger partial charge in [0.15, 0.2) is 0 Å². The van der Waals surface area contributed by atoms with E-state index in [1.165, 1.54) is 0 Å². The zero-order chi connectivity index (χ0) is 17.9. The number of nitrogens with zero attached hydrogens (tertiary/aromatic N) is 3. The number of aryl methyl sites for hydroxylation is 1. The van der Waals surface area contributed by atoms with Gasteiger partial charge in [0.1, 0.15) is 6.04 Å². The van der Waals surface area contributed by atoms with E-state index in [1.54, 1.807) is 11.3 Å². The smallest absolute Gasteiger partial charge is 0.249 e. The molecule has 2 aromatic heterocycles. The Bertz CT molecular complexity index is 888. The molecule has 1 amide bonds. The number of carbonyl (C=O) groups excluding carboxylic acids is 1. The molecule has 1 aromatic carbocycles. The highest BCUT2D eigenvalue weighted by atomic mass is 32.1. The van der Waals surface area contributed by atoms with Gasteiger partial charge in [0.2, 0.25) is 17.6 Å². The van der Waals surface area contributed by atoms with Gasteiger partial charge in [0.25, 0.3) is 0 Å². The molecule has 26 heavy (non-hydrogen) atoms. The Balaban J connectivity index is 1.56. The van der Waals surface area contributed by atoms with Gasteiger partial charge in [0, 0.05) is 17.0 Å². The summed E-state index contributed by atoms with van der Waals surface area (Å²) in [4.78, 5) is 20.4. The molecule has 0 saturated carbocycles. The molecule has 1 aliphatic rings. The van der Waals surface area contributed by atoms with Gasteiger partial charge in [-0.05, 0) is 43.7 Å². The zero-order valence-corrected chi connectivity index (χ0v) is 15.5. The molecule has 0 spiro atoms. The normalized spacial score (nSPS) is 17.4. The number of benzene rings is 1. The van der Waals surface area contributed by atoms with E-state index in [4.69, 9.17) is 4.52 Å². The maximum absolute atomic E-state index is 12.8. The molecular formula is C20H21N3O2S. The van der Waals surface area contributed by atoms with Crippen molar-refractivity contribution in [2.45, 2.75) is 38.6 Å². The molecule has 3 aromatic rings. The van der Waals surface area contributed by atoms with Gasteiger partial charge >= 0.3 is 0 Å². The lowest BCUT2D eigenvalue weighted by Gasteiger charge is -2.33. The minimum atomic E-state index is -0.123. The number of aromatic nitrogens is 2. The highest BCUT2D eigenvalue weighted by molar-refractivity contribution is 7.10. The zero-order valence-electron chi connectivity index (χ0n) is 14.7. The maximum Gasteiger partial charge on any atom is 0.249 e. The van der Waals surface area contributed by atoms with Crippen molar-refractivity contribution in [3.63, 3.8) is 0 Å². The van der Waals surface area contributed by atoms with E-state index in [-0.39, 0.29) is 11.9 Å². The van der Waals surface area contributed by atoms with E-state index >= 15 is 0 Å². The van der Waals surface area contributed by atoms with Crippen molar-refractivity contribution in [2.75, 3.05) is 6.54 Å². The van der Waals surface area contributed by atoms with Gasteiger partial charge < -0.3 is 9.42 Å². The van der Waals surface area contributed by atoms with Crippen LogP contribution in [-0.4, -0.2) is 27.5 Å². The first kappa shape index (κ1) is 17.0. The number of carbonyl (C=O) groups is 1. The van der Waals surface area contributed by atoms with Crippen molar-refractivity contribution < 1.29 is 9.32 Å². The molecule has 0 radical (unpaired) electrons. The van der Waals surface area contributed by atoms with Crippen LogP contribution in [0, 0.1) is 6.92 Å². The van der Waals surface area contributed by atoms with Crippen molar-refractivity contribution in [1.82, 2.24) is 15.0 Å². The Morgan fingerprint density at radius 1 is 1.31 bits per heavy atom. The summed E-state index contributed by atoms with van der Waals surface area (Å²) >= 11 is 1.62. The number of hydrogen-bond donors (Lipinski definition) is 0. The molecule has 0 N–H and O–H groups in total. The molecule has 1 saturated heterocycles. The number of likely N-dealkylation sites (tertiary alicyclic amines) is 1. The first-order valence-electron chi connectivity index (χ1n) is 8.93. The summed E-state index contributed by atoms with van der Waals surface area (Å²) in [5.74, 6) is 1.26. The molecule has 1 unspecified atom stereocenters. The number of hydrogen-bond acceptors (Lipinski definition) is 5. The third kappa shape index (κ3) is 3.55. The summed E-state index contributed by atoms with van der Waals surface area (Å²) < 4.78 is 5.56. The fraction of sp³-hybridized carbons (Fsp3) is 0.350. The van der Waals surface area contributed by atoms with Gasteiger partial charge in [-0.25, -0.2) is 0 Å². The molecule has 5 nitrogen and oxygen atoms in total. The standard InChI is InChI=1S/C20H21N3O2S/c1-14-6-4-7-15(12-14)19-21-20(25-22-19)17-9-2-3-10-23(17)18(24)13-16-8-5-11-26-16/h4-8,11-12,17H,2-3,9-10,13H2,1H3. The lowest BCUT2D eigenvalue weighted by Crippen LogP contribution is -2.39. The van der Waals surface area contributed by atoms with Crippen LogP contribution >= 0.6 is 11.3 Å². The fourth-order valence-electron chi connectivity index (χ4n) is 3.42. The van der Waals surface area contributed by atoms with Gasteiger partial charge in [-0.1, -0.05) is 35.0 Å². The number of amides is 1. The first-order chi connectivity index (χ1) is 12.7. The molecule has 1 aliphatic heterocycles. The molecule has 134 valence electrons. The van der Waals surface area contributed by atoms with Crippen LogP contribution in [0.5, 0.6) is 0 Å². The molecular weight excluding hydrogens is 346 g/mol. The van der Waals surface area contributed by atoms with Crippen LogP contribution in [0.3, 0.4) is 0 Å². The van der Waals surface area contributed by atoms with Crippen molar-refractivity contribution in [3.05, 3.63) is 58.1 Å². The van der Waals surface area contributed by atoms with Crippen LogP contribution in [0.15, 0.2) is 46.3 Å². The Labute approximate surface area is 156 Å². The summed E-state index contributed by atoms with van der Waals surface area (Å²) in [5, 5.41) is 6.15. The SMILES string of the molecule is Cc1cccc(-c2noc(C3CCCCN3C(=O)Cc3cccs3)n2)c1. The van der Waals surface area contributed by atoms with Gasteiger partial charge in [-0.2, -0.15) is 4.98 Å². The summed E-state index contributed by atoms with van der Waals surface area (Å²) in [7, 11) is 0. The Hall–Kier alpha value is -2.47. The third-order valence-electron chi connectivity index (χ3n) is 4.73. The molecule has 0 aliphatic carbocycles. The van der Waals surface area contributed by atoms with Gasteiger partial charge in [0.05, 0.1) is 6.42 Å². The monoisotopic (exact) mass is 367 g/mol. The lowest BCUT2D eigenvalue weighted by molar-refractivity contribution is -0.134. The molecule has 1 fully saturated rings. The topological polar surface area (TPSA) is 59.2 Å². The minimum absolute atomic E-state index is 0.123. The van der Waals surface area contributed by atoms with Crippen molar-refractivity contribution in [2.24, 2.45) is 0 Å². The lowest BCUT2D eigenvalue weighted by atomic mass is 10.0. The molecule has 4 rings (SSSR count). The third-order valence-corrected chi connectivity index (χ3v) is 5.61. The molecule has 3 heterocycles. The first-order valence-corrected chi connectivity index (χ1v) is 9.81. The van der Waals surface area contributed by atoms with Crippen LogP contribution < -0.4 is 0 Å². The number of thiophene rings is 1. The van der Waals surface area contributed by atoms with E-state index in [0.29, 0.717) is 18.1 Å². The van der Waals surface area contributed by atoms with Crippen LogP contribution in [-0.2, 0) is 11.2 Å². The molecule has 6 heteroatoms. The van der Waals surface area contributed by atoms with Crippen molar-refractivity contribution in [3.8, 4) is 11.4 Å². The van der Waals surface area contributed by atoms with Gasteiger partial charge in [-0.3, -0.25) is 4.79 Å². The second-order valence-corrected chi connectivity index (χ2v) is 7.71. The quantitative estimate of drug-likeness (QED) is 0.686. The molecule has 1 atom stereocenters. The average molecular weight is 367 g/mol. The Morgan fingerprint density at radius 2 is 2.23 bits per heavy atom. The van der Waals surface area contributed by atoms with Crippen LogP contribution in [0.4, 0.5) is 0 Å².